The first kappa shape index (κ1) is 22.1. The molecule has 0 bridgehead atoms. The summed E-state index contributed by atoms with van der Waals surface area (Å²) in [4.78, 5) is 35.9. The Morgan fingerprint density at radius 1 is 1.19 bits per heavy atom. The molecule has 31 heavy (non-hydrogen) atoms. The lowest BCUT2D eigenvalue weighted by Gasteiger charge is -2.35. The molecule has 0 aromatic heterocycles. The second-order valence-electron chi connectivity index (χ2n) is 6.67. The maximum Gasteiger partial charge on any atom is 0.288 e. The van der Waals surface area contributed by atoms with Gasteiger partial charge in [-0.05, 0) is 36.8 Å². The highest BCUT2D eigenvalue weighted by Gasteiger charge is 2.33. The maximum absolute atomic E-state index is 13.2. The summed E-state index contributed by atoms with van der Waals surface area (Å²) in [6, 6.07) is 8.95. The van der Waals surface area contributed by atoms with Crippen molar-refractivity contribution in [2.75, 3.05) is 12.4 Å². The first-order chi connectivity index (χ1) is 14.6. The highest BCUT2D eigenvalue weighted by Crippen LogP contribution is 2.35. The third kappa shape index (κ3) is 4.47. The molecule has 1 aliphatic heterocycles. The molecule has 0 fully saturated rings. The topological polar surface area (TPSA) is 131 Å². The average molecular weight is 462 g/mol. The number of halogens is 1. The van der Waals surface area contributed by atoms with Crippen LogP contribution in [-0.4, -0.2) is 32.8 Å². The Balaban J connectivity index is 2.04. The highest BCUT2D eigenvalue weighted by atomic mass is 35.5. The van der Waals surface area contributed by atoms with E-state index in [9.17, 15) is 25.0 Å². The van der Waals surface area contributed by atoms with Crippen LogP contribution < -0.4 is 10.6 Å². The summed E-state index contributed by atoms with van der Waals surface area (Å²) in [7, 11) is 1.67. The Morgan fingerprint density at radius 2 is 1.90 bits per heavy atom. The number of hydrogen-bond acceptors (Lipinski definition) is 6. The number of thiocarbonyl (C=S) groups is 1. The molecule has 0 saturated carbocycles. The summed E-state index contributed by atoms with van der Waals surface area (Å²) in [6.45, 7) is 1.69. The van der Waals surface area contributed by atoms with Crippen molar-refractivity contribution in [3.05, 3.63) is 84.5 Å². The number of nitro groups is 2. The Morgan fingerprint density at radius 3 is 2.55 bits per heavy atom. The Hall–Kier alpha value is -3.57. The molecule has 1 amide bonds. The van der Waals surface area contributed by atoms with Crippen molar-refractivity contribution in [2.45, 2.75) is 13.0 Å². The van der Waals surface area contributed by atoms with Gasteiger partial charge in [0.15, 0.2) is 5.11 Å². The predicted molar refractivity (Wildman–Crippen MR) is 119 cm³/mol. The first-order valence-corrected chi connectivity index (χ1v) is 9.63. The number of nitrogens with zero attached hydrogens (tertiary/aromatic N) is 3. The number of non-ortho nitro benzene ring substituents is 1. The van der Waals surface area contributed by atoms with Gasteiger partial charge < -0.3 is 15.5 Å². The summed E-state index contributed by atoms with van der Waals surface area (Å²) >= 11 is 11.2. The second kappa shape index (κ2) is 8.66. The van der Waals surface area contributed by atoms with Crippen LogP contribution in [-0.2, 0) is 4.79 Å². The Kier molecular flexibility index (Phi) is 6.18. The van der Waals surface area contributed by atoms with Crippen LogP contribution in [0, 0.1) is 20.2 Å². The standard InChI is InChI=1S/C19H16ClN5O5S/c1-10-16(18(26)21-12-4-3-5-13(9-12)24(27)28)17(22-19(31)23(10)2)11-6-7-14(20)15(8-11)25(29)30/h3-9,17H,1-2H3,(H,21,26)(H,22,31). The largest absolute Gasteiger partial charge is 0.351 e. The van der Waals surface area contributed by atoms with E-state index in [-0.39, 0.29) is 27.7 Å². The van der Waals surface area contributed by atoms with Gasteiger partial charge in [-0.2, -0.15) is 0 Å². The molecule has 10 nitrogen and oxygen atoms in total. The summed E-state index contributed by atoms with van der Waals surface area (Å²) < 4.78 is 0. The van der Waals surface area contributed by atoms with E-state index in [4.69, 9.17) is 23.8 Å². The molecule has 1 atom stereocenters. The van der Waals surface area contributed by atoms with Crippen molar-refractivity contribution < 1.29 is 14.6 Å². The number of amides is 1. The maximum atomic E-state index is 13.2. The van der Waals surface area contributed by atoms with E-state index in [1.54, 1.807) is 24.9 Å². The Bertz CT molecular complexity index is 1150. The number of nitrogens with one attached hydrogen (secondary N) is 2. The molecule has 1 unspecified atom stereocenters. The van der Waals surface area contributed by atoms with Gasteiger partial charge in [0.25, 0.3) is 17.3 Å². The molecule has 12 heteroatoms. The fraction of sp³-hybridized carbons (Fsp3) is 0.158. The van der Waals surface area contributed by atoms with E-state index in [0.29, 0.717) is 16.4 Å². The van der Waals surface area contributed by atoms with Crippen LogP contribution in [0.4, 0.5) is 17.1 Å². The molecule has 0 aliphatic carbocycles. The van der Waals surface area contributed by atoms with E-state index in [1.165, 1.54) is 36.4 Å². The number of rotatable bonds is 5. The molecule has 0 radical (unpaired) electrons. The summed E-state index contributed by atoms with van der Waals surface area (Å²) in [5.41, 5.74) is 0.940. The minimum atomic E-state index is -0.793. The van der Waals surface area contributed by atoms with Crippen LogP contribution in [0.5, 0.6) is 0 Å². The second-order valence-corrected chi connectivity index (χ2v) is 7.46. The number of hydrogen-bond donors (Lipinski definition) is 2. The smallest absolute Gasteiger partial charge is 0.288 e. The van der Waals surface area contributed by atoms with Gasteiger partial charge in [-0.15, -0.1) is 0 Å². The number of carbonyl (C=O) groups is 1. The summed E-state index contributed by atoms with van der Waals surface area (Å²) in [6.07, 6.45) is 0. The van der Waals surface area contributed by atoms with E-state index in [1.807, 2.05) is 0 Å². The van der Waals surface area contributed by atoms with E-state index < -0.39 is 21.8 Å². The fourth-order valence-corrected chi connectivity index (χ4v) is 3.57. The number of nitro benzene ring substituents is 2. The average Bonchev–Trinajstić information content (AvgIpc) is 2.72. The molecular formula is C19H16ClN5O5S. The number of benzene rings is 2. The van der Waals surface area contributed by atoms with Crippen LogP contribution in [0.25, 0.3) is 0 Å². The third-order valence-electron chi connectivity index (χ3n) is 4.81. The first-order valence-electron chi connectivity index (χ1n) is 8.84. The lowest BCUT2D eigenvalue weighted by Crippen LogP contribution is -2.46. The Labute approximate surface area is 186 Å². The zero-order valence-electron chi connectivity index (χ0n) is 16.3. The monoisotopic (exact) mass is 461 g/mol. The van der Waals surface area contributed by atoms with Gasteiger partial charge in [-0.25, -0.2) is 0 Å². The number of allylic oxidation sites excluding steroid dienone is 1. The quantitative estimate of drug-likeness (QED) is 0.389. The van der Waals surface area contributed by atoms with Crippen LogP contribution in [0.2, 0.25) is 5.02 Å². The highest BCUT2D eigenvalue weighted by molar-refractivity contribution is 7.80. The van der Waals surface area contributed by atoms with Crippen molar-refractivity contribution in [1.82, 2.24) is 10.2 Å². The molecule has 160 valence electrons. The fourth-order valence-electron chi connectivity index (χ4n) is 3.12. The normalized spacial score (nSPS) is 16.0. The predicted octanol–water partition coefficient (Wildman–Crippen LogP) is 3.93. The molecule has 2 N–H and O–H groups in total. The SMILES string of the molecule is CC1=C(C(=O)Nc2cccc([N+](=O)[O-])c2)C(c2ccc(Cl)c([N+](=O)[O-])c2)NC(=S)N1C. The van der Waals surface area contributed by atoms with Gasteiger partial charge in [-0.1, -0.05) is 23.7 Å². The van der Waals surface area contributed by atoms with E-state index >= 15 is 0 Å². The zero-order chi connectivity index (χ0) is 22.9. The minimum absolute atomic E-state index is 0.0347. The van der Waals surface area contributed by atoms with E-state index in [0.717, 1.165) is 0 Å². The van der Waals surface area contributed by atoms with Gasteiger partial charge in [0.05, 0.1) is 21.5 Å². The van der Waals surface area contributed by atoms with Crippen molar-refractivity contribution in [3.8, 4) is 0 Å². The number of carbonyl (C=O) groups excluding carboxylic acids is 1. The third-order valence-corrected chi connectivity index (χ3v) is 5.53. The summed E-state index contributed by atoms with van der Waals surface area (Å²) in [5.74, 6) is -0.539. The van der Waals surface area contributed by atoms with Crippen LogP contribution in [0.15, 0.2) is 53.7 Å². The molecule has 0 saturated heterocycles. The van der Waals surface area contributed by atoms with Crippen LogP contribution in [0.3, 0.4) is 0 Å². The molecule has 1 heterocycles. The molecule has 2 aromatic carbocycles. The van der Waals surface area contributed by atoms with Gasteiger partial charge in [0.1, 0.15) is 5.02 Å². The van der Waals surface area contributed by atoms with Crippen molar-refractivity contribution in [2.24, 2.45) is 0 Å². The van der Waals surface area contributed by atoms with Gasteiger partial charge >= 0.3 is 0 Å². The number of anilines is 1. The van der Waals surface area contributed by atoms with Crippen molar-refractivity contribution in [1.29, 1.82) is 0 Å². The van der Waals surface area contributed by atoms with Crippen molar-refractivity contribution >= 4 is 51.9 Å². The minimum Gasteiger partial charge on any atom is -0.351 e. The molecule has 1 aliphatic rings. The zero-order valence-corrected chi connectivity index (χ0v) is 17.9. The molecule has 0 spiro atoms. The van der Waals surface area contributed by atoms with Gasteiger partial charge in [0.2, 0.25) is 0 Å². The lowest BCUT2D eigenvalue weighted by molar-refractivity contribution is -0.384. The van der Waals surface area contributed by atoms with E-state index in [2.05, 4.69) is 10.6 Å². The molecular weight excluding hydrogens is 446 g/mol. The van der Waals surface area contributed by atoms with Crippen LogP contribution in [0.1, 0.15) is 18.5 Å². The van der Waals surface area contributed by atoms with Gasteiger partial charge in [-0.3, -0.25) is 25.0 Å². The summed E-state index contributed by atoms with van der Waals surface area (Å²) in [5, 5.41) is 28.3. The molecule has 3 rings (SSSR count). The van der Waals surface area contributed by atoms with Crippen LogP contribution >= 0.6 is 23.8 Å². The molecule has 2 aromatic rings. The van der Waals surface area contributed by atoms with Gasteiger partial charge in [0, 0.05) is 36.6 Å². The lowest BCUT2D eigenvalue weighted by atomic mass is 9.94. The van der Waals surface area contributed by atoms with Crippen molar-refractivity contribution in [3.63, 3.8) is 0 Å².